The lowest BCUT2D eigenvalue weighted by Gasteiger charge is -2.12. The molecule has 0 aliphatic rings. The van der Waals surface area contributed by atoms with Gasteiger partial charge in [0.2, 0.25) is 0 Å². The van der Waals surface area contributed by atoms with Crippen LogP contribution in [0.5, 0.6) is 0 Å². The molecule has 0 fully saturated rings. The second kappa shape index (κ2) is 8.18. The van der Waals surface area contributed by atoms with E-state index < -0.39 is 11.7 Å². The van der Waals surface area contributed by atoms with E-state index >= 15 is 0 Å². The van der Waals surface area contributed by atoms with Crippen molar-refractivity contribution in [1.29, 1.82) is 5.26 Å². The zero-order valence-electron chi connectivity index (χ0n) is 16.5. The maximum atomic E-state index is 13.2. The fourth-order valence-electron chi connectivity index (χ4n) is 3.31. The Morgan fingerprint density at radius 1 is 1.14 bits per heavy atom. The average molecular weight is 401 g/mol. The second-order valence-electron chi connectivity index (χ2n) is 6.92. The van der Waals surface area contributed by atoms with Crippen LogP contribution >= 0.6 is 0 Å². The van der Waals surface area contributed by atoms with Crippen LogP contribution in [-0.4, -0.2) is 17.4 Å². The predicted molar refractivity (Wildman–Crippen MR) is 107 cm³/mol. The van der Waals surface area contributed by atoms with Crippen molar-refractivity contribution >= 4 is 16.6 Å². The number of anilines is 1. The van der Waals surface area contributed by atoms with E-state index in [0.29, 0.717) is 35.4 Å². The summed E-state index contributed by atoms with van der Waals surface area (Å²) in [6.07, 6.45) is -4.32. The number of hydrogen-bond acceptors (Lipinski definition) is 3. The van der Waals surface area contributed by atoms with Gasteiger partial charge in [0, 0.05) is 17.6 Å². The van der Waals surface area contributed by atoms with E-state index in [1.165, 1.54) is 6.07 Å². The number of nitrogens with one attached hydrogen (secondary N) is 1. The van der Waals surface area contributed by atoms with Crippen LogP contribution in [0, 0.1) is 11.3 Å². The third-order valence-electron chi connectivity index (χ3n) is 4.67. The van der Waals surface area contributed by atoms with E-state index in [4.69, 9.17) is 4.74 Å². The van der Waals surface area contributed by atoms with Gasteiger partial charge in [-0.3, -0.25) is 0 Å². The zero-order chi connectivity index (χ0) is 21.2. The lowest BCUT2D eigenvalue weighted by atomic mass is 10.0. The summed E-state index contributed by atoms with van der Waals surface area (Å²) in [5, 5.41) is 13.4. The molecular formula is C22H22F3N3O. The highest BCUT2D eigenvalue weighted by molar-refractivity contribution is 5.95. The van der Waals surface area contributed by atoms with Crippen LogP contribution in [0.2, 0.25) is 0 Å². The molecule has 0 aliphatic carbocycles. The normalized spacial score (nSPS) is 11.8. The number of nitriles is 1. The maximum Gasteiger partial charge on any atom is 0.416 e. The van der Waals surface area contributed by atoms with Gasteiger partial charge in [0.15, 0.2) is 0 Å². The number of nitrogens with zero attached hydrogens (tertiary/aromatic N) is 2. The number of fused-ring (bicyclic) bond motifs is 1. The molecule has 1 aromatic heterocycles. The fourth-order valence-corrected chi connectivity index (χ4v) is 3.31. The van der Waals surface area contributed by atoms with Gasteiger partial charge in [-0.15, -0.1) is 0 Å². The Labute approximate surface area is 167 Å². The van der Waals surface area contributed by atoms with E-state index in [9.17, 15) is 18.4 Å². The van der Waals surface area contributed by atoms with Crippen molar-refractivity contribution in [2.24, 2.45) is 0 Å². The number of halogens is 3. The lowest BCUT2D eigenvalue weighted by Crippen LogP contribution is -2.11. The van der Waals surface area contributed by atoms with Crippen LogP contribution in [0.4, 0.5) is 18.9 Å². The summed E-state index contributed by atoms with van der Waals surface area (Å²) in [5.74, 6) is 0. The molecule has 0 amide bonds. The third-order valence-corrected chi connectivity index (χ3v) is 4.67. The van der Waals surface area contributed by atoms with Crippen molar-refractivity contribution in [1.82, 2.24) is 4.57 Å². The molecule has 2 aromatic carbocycles. The molecule has 29 heavy (non-hydrogen) atoms. The van der Waals surface area contributed by atoms with Gasteiger partial charge in [0.1, 0.15) is 12.8 Å². The van der Waals surface area contributed by atoms with Gasteiger partial charge < -0.3 is 14.6 Å². The Bertz CT molecular complexity index is 1040. The first-order valence-corrected chi connectivity index (χ1v) is 9.35. The Kier molecular flexibility index (Phi) is 5.85. The molecule has 0 bridgehead atoms. The monoisotopic (exact) mass is 401 g/mol. The van der Waals surface area contributed by atoms with E-state index in [0.717, 1.165) is 23.4 Å². The van der Waals surface area contributed by atoms with Crippen LogP contribution in [0.1, 0.15) is 31.9 Å². The third kappa shape index (κ3) is 4.22. The molecule has 7 heteroatoms. The number of rotatable bonds is 6. The standard InChI is InChI=1S/C22H22F3N3O/c1-4-28-20-11-16(22(23,24)25)7-10-18(20)19(12-26)21(28)15-5-8-17(9-6-15)27-13-29-14(2)3/h5-11,14,27H,4,13H2,1-3H3. The highest BCUT2D eigenvalue weighted by Crippen LogP contribution is 2.37. The molecule has 0 radical (unpaired) electrons. The van der Waals surface area contributed by atoms with Crippen molar-refractivity contribution in [2.45, 2.75) is 39.6 Å². The van der Waals surface area contributed by atoms with Crippen LogP contribution in [0.25, 0.3) is 22.2 Å². The van der Waals surface area contributed by atoms with Gasteiger partial charge in [-0.1, -0.05) is 18.2 Å². The minimum Gasteiger partial charge on any atom is -0.363 e. The van der Waals surface area contributed by atoms with E-state index in [2.05, 4.69) is 11.4 Å². The molecule has 1 heterocycles. The predicted octanol–water partition coefficient (Wildman–Crippen LogP) is 6.01. The first-order valence-electron chi connectivity index (χ1n) is 9.35. The van der Waals surface area contributed by atoms with Gasteiger partial charge in [-0.25, -0.2) is 0 Å². The van der Waals surface area contributed by atoms with Crippen molar-refractivity contribution < 1.29 is 17.9 Å². The van der Waals surface area contributed by atoms with Gasteiger partial charge in [0.05, 0.1) is 28.4 Å². The van der Waals surface area contributed by atoms with Crippen molar-refractivity contribution in [2.75, 3.05) is 12.0 Å². The molecule has 0 spiro atoms. The largest absolute Gasteiger partial charge is 0.416 e. The van der Waals surface area contributed by atoms with Crippen molar-refractivity contribution in [3.05, 3.63) is 53.6 Å². The van der Waals surface area contributed by atoms with Crippen LogP contribution < -0.4 is 5.32 Å². The average Bonchev–Trinajstić information content (AvgIpc) is 3.00. The molecule has 3 rings (SSSR count). The first-order chi connectivity index (χ1) is 13.8. The van der Waals surface area contributed by atoms with E-state index in [1.807, 2.05) is 45.0 Å². The number of hydrogen-bond donors (Lipinski definition) is 1. The molecule has 152 valence electrons. The Balaban J connectivity index is 2.05. The van der Waals surface area contributed by atoms with Crippen LogP contribution in [-0.2, 0) is 17.5 Å². The van der Waals surface area contributed by atoms with E-state index in [1.54, 1.807) is 4.57 Å². The summed E-state index contributed by atoms with van der Waals surface area (Å²) in [6.45, 7) is 6.56. The summed E-state index contributed by atoms with van der Waals surface area (Å²) in [7, 11) is 0. The summed E-state index contributed by atoms with van der Waals surface area (Å²) in [6, 6.07) is 13.1. The summed E-state index contributed by atoms with van der Waals surface area (Å²) >= 11 is 0. The topological polar surface area (TPSA) is 50.0 Å². The highest BCUT2D eigenvalue weighted by atomic mass is 19.4. The number of aryl methyl sites for hydroxylation is 1. The van der Waals surface area contributed by atoms with Gasteiger partial charge in [-0.2, -0.15) is 18.4 Å². The lowest BCUT2D eigenvalue weighted by molar-refractivity contribution is -0.137. The molecule has 0 unspecified atom stereocenters. The number of aromatic nitrogens is 1. The van der Waals surface area contributed by atoms with Gasteiger partial charge in [0.25, 0.3) is 0 Å². The Hall–Kier alpha value is -2.98. The maximum absolute atomic E-state index is 13.2. The quantitative estimate of drug-likeness (QED) is 0.515. The van der Waals surface area contributed by atoms with Crippen LogP contribution in [0.3, 0.4) is 0 Å². The summed E-state index contributed by atoms with van der Waals surface area (Å²) < 4.78 is 46.7. The summed E-state index contributed by atoms with van der Waals surface area (Å²) in [4.78, 5) is 0. The first kappa shape index (κ1) is 20.7. The van der Waals surface area contributed by atoms with Crippen LogP contribution in [0.15, 0.2) is 42.5 Å². The second-order valence-corrected chi connectivity index (χ2v) is 6.92. The van der Waals surface area contributed by atoms with E-state index in [-0.39, 0.29) is 6.10 Å². The zero-order valence-corrected chi connectivity index (χ0v) is 16.5. The molecule has 0 atom stereocenters. The molecule has 4 nitrogen and oxygen atoms in total. The van der Waals surface area contributed by atoms with Gasteiger partial charge in [-0.05, 0) is 50.6 Å². The van der Waals surface area contributed by atoms with Gasteiger partial charge >= 0.3 is 6.18 Å². The SMILES string of the molecule is CCn1c(-c2ccc(NCOC(C)C)cc2)c(C#N)c2ccc(C(F)(F)F)cc21. The molecular weight excluding hydrogens is 379 g/mol. The number of ether oxygens (including phenoxy) is 1. The Morgan fingerprint density at radius 3 is 2.38 bits per heavy atom. The summed E-state index contributed by atoms with van der Waals surface area (Å²) in [5.41, 5.74) is 2.29. The number of benzene rings is 2. The minimum absolute atomic E-state index is 0.113. The highest BCUT2D eigenvalue weighted by Gasteiger charge is 2.31. The molecule has 0 aliphatic heterocycles. The molecule has 0 saturated carbocycles. The number of alkyl halides is 3. The molecule has 0 saturated heterocycles. The minimum atomic E-state index is -4.44. The fraction of sp³-hybridized carbons (Fsp3) is 0.318. The smallest absolute Gasteiger partial charge is 0.363 e. The molecule has 3 aromatic rings. The van der Waals surface area contributed by atoms with Crippen molar-refractivity contribution in [3.63, 3.8) is 0 Å². The Morgan fingerprint density at radius 2 is 1.83 bits per heavy atom. The van der Waals surface area contributed by atoms with Crippen molar-refractivity contribution in [3.8, 4) is 17.3 Å². The molecule has 1 N–H and O–H groups in total.